The molecule has 1 N–H and O–H groups in total. The molecule has 21 heavy (non-hydrogen) atoms. The van der Waals surface area contributed by atoms with Crippen LogP contribution in [0.15, 0.2) is 0 Å². The highest BCUT2D eigenvalue weighted by Crippen LogP contribution is 2.46. The number of aliphatic hydroxyl groups is 1. The van der Waals surface area contributed by atoms with Gasteiger partial charge in [-0.05, 0) is 37.5 Å². The molecule has 1 aliphatic heterocycles. The Hall–Kier alpha value is -0.330. The number of halogens is 3. The van der Waals surface area contributed by atoms with E-state index in [4.69, 9.17) is 4.74 Å². The number of rotatable bonds is 4. The molecule has 1 atom stereocenters. The molecule has 2 rings (SSSR count). The van der Waals surface area contributed by atoms with Crippen LogP contribution in [0.4, 0.5) is 13.2 Å². The van der Waals surface area contributed by atoms with E-state index in [1.165, 1.54) is 0 Å². The van der Waals surface area contributed by atoms with Crippen LogP contribution in [0.1, 0.15) is 52.4 Å². The van der Waals surface area contributed by atoms with E-state index in [1.807, 2.05) is 0 Å². The van der Waals surface area contributed by atoms with Crippen LogP contribution in [-0.4, -0.2) is 41.3 Å². The molecule has 0 aromatic heterocycles. The Morgan fingerprint density at radius 3 is 2.10 bits per heavy atom. The lowest BCUT2D eigenvalue weighted by molar-refractivity contribution is -0.342. The van der Waals surface area contributed by atoms with Crippen LogP contribution in [-0.2, 0) is 4.74 Å². The van der Waals surface area contributed by atoms with Crippen molar-refractivity contribution >= 4 is 0 Å². The maximum absolute atomic E-state index is 13.3. The summed E-state index contributed by atoms with van der Waals surface area (Å²) in [5, 5.41) is 10.1. The predicted octanol–water partition coefficient (Wildman–Crippen LogP) is 3.52. The zero-order valence-corrected chi connectivity index (χ0v) is 12.8. The highest BCUT2D eigenvalue weighted by atomic mass is 19.4. The largest absolute Gasteiger partial charge is 0.417 e. The summed E-state index contributed by atoms with van der Waals surface area (Å²) in [4.78, 5) is 1.63. The molecule has 1 saturated carbocycles. The molecule has 2 fully saturated rings. The highest BCUT2D eigenvalue weighted by molar-refractivity contribution is 4.93. The van der Waals surface area contributed by atoms with Gasteiger partial charge in [0.2, 0.25) is 6.41 Å². The van der Waals surface area contributed by atoms with Gasteiger partial charge in [0.25, 0.3) is 0 Å². The second-order valence-corrected chi connectivity index (χ2v) is 6.76. The maximum atomic E-state index is 13.3. The van der Waals surface area contributed by atoms with Gasteiger partial charge in [0.15, 0.2) is 5.60 Å². The number of ether oxygens (including phenoxy) is 1. The smallest absolute Gasteiger partial charge is 0.356 e. The first kappa shape index (κ1) is 17.0. The van der Waals surface area contributed by atoms with E-state index < -0.39 is 18.2 Å². The van der Waals surface area contributed by atoms with Crippen molar-refractivity contribution in [1.29, 1.82) is 0 Å². The van der Waals surface area contributed by atoms with Gasteiger partial charge >= 0.3 is 6.18 Å². The van der Waals surface area contributed by atoms with Crippen LogP contribution in [0, 0.1) is 11.8 Å². The van der Waals surface area contributed by atoms with Gasteiger partial charge in [0.05, 0.1) is 0 Å². The molecule has 0 aromatic carbocycles. The molecule has 0 bridgehead atoms. The lowest BCUT2D eigenvalue weighted by Crippen LogP contribution is -2.53. The first-order valence-corrected chi connectivity index (χ1v) is 7.92. The zero-order chi connectivity index (χ0) is 15.7. The quantitative estimate of drug-likeness (QED) is 0.807. The Morgan fingerprint density at radius 2 is 1.67 bits per heavy atom. The molecule has 3 nitrogen and oxygen atoms in total. The molecule has 2 aliphatic rings. The molecular weight excluding hydrogens is 283 g/mol. The average molecular weight is 309 g/mol. The summed E-state index contributed by atoms with van der Waals surface area (Å²) in [6, 6.07) is 0. The molecule has 1 saturated heterocycles. The highest BCUT2D eigenvalue weighted by Gasteiger charge is 2.58. The standard InChI is InChI=1S/C15H26F3NO2/c1-11(2)12-5-9-19(10-6-12)13(20)21-14(15(16,17)18)7-3-4-8-14/h11-13,20H,3-10H2,1-2H3. The number of aliphatic hydroxyl groups excluding tert-OH is 1. The normalized spacial score (nSPS) is 26.4. The fourth-order valence-electron chi connectivity index (χ4n) is 3.50. The summed E-state index contributed by atoms with van der Waals surface area (Å²) in [6.45, 7) is 5.50. The van der Waals surface area contributed by atoms with Crippen LogP contribution >= 0.6 is 0 Å². The lowest BCUT2D eigenvalue weighted by atomic mass is 9.87. The number of nitrogens with zero attached hydrogens (tertiary/aromatic N) is 1. The Balaban J connectivity index is 1.93. The minimum Gasteiger partial charge on any atom is -0.356 e. The molecule has 0 radical (unpaired) electrons. The van der Waals surface area contributed by atoms with E-state index in [1.54, 1.807) is 4.90 Å². The number of piperidine rings is 1. The number of hydrogen-bond acceptors (Lipinski definition) is 3. The minimum absolute atomic E-state index is 0.0456. The summed E-state index contributed by atoms with van der Waals surface area (Å²) >= 11 is 0. The topological polar surface area (TPSA) is 32.7 Å². The first-order chi connectivity index (χ1) is 9.75. The van der Waals surface area contributed by atoms with E-state index in [9.17, 15) is 18.3 Å². The summed E-state index contributed by atoms with van der Waals surface area (Å²) < 4.78 is 44.9. The summed E-state index contributed by atoms with van der Waals surface area (Å²) in [6.07, 6.45) is -3.15. The molecule has 1 aliphatic carbocycles. The van der Waals surface area contributed by atoms with Gasteiger partial charge in [-0.15, -0.1) is 0 Å². The molecule has 0 amide bonds. The molecule has 1 heterocycles. The van der Waals surface area contributed by atoms with E-state index in [0.717, 1.165) is 12.8 Å². The van der Waals surface area contributed by atoms with Crippen molar-refractivity contribution in [1.82, 2.24) is 4.90 Å². The fourth-order valence-corrected chi connectivity index (χ4v) is 3.50. The average Bonchev–Trinajstić information content (AvgIpc) is 2.88. The molecule has 1 unspecified atom stereocenters. The first-order valence-electron chi connectivity index (χ1n) is 7.92. The Labute approximate surface area is 124 Å². The van der Waals surface area contributed by atoms with Crippen LogP contribution in [0.3, 0.4) is 0 Å². The summed E-state index contributed by atoms with van der Waals surface area (Å²) in [7, 11) is 0. The van der Waals surface area contributed by atoms with E-state index in [0.29, 0.717) is 37.8 Å². The Bertz CT molecular complexity index is 332. The summed E-state index contributed by atoms with van der Waals surface area (Å²) in [5.74, 6) is 1.15. The van der Waals surface area contributed by atoms with Crippen LogP contribution in [0.5, 0.6) is 0 Å². The lowest BCUT2D eigenvalue weighted by Gasteiger charge is -2.40. The number of alkyl halides is 3. The van der Waals surface area contributed by atoms with Crippen molar-refractivity contribution in [3.05, 3.63) is 0 Å². The second-order valence-electron chi connectivity index (χ2n) is 6.76. The van der Waals surface area contributed by atoms with Crippen molar-refractivity contribution < 1.29 is 23.0 Å². The van der Waals surface area contributed by atoms with Crippen molar-refractivity contribution in [2.75, 3.05) is 13.1 Å². The van der Waals surface area contributed by atoms with Gasteiger partial charge in [-0.3, -0.25) is 4.90 Å². The predicted molar refractivity (Wildman–Crippen MR) is 73.5 cm³/mol. The minimum atomic E-state index is -4.42. The van der Waals surface area contributed by atoms with Crippen LogP contribution in [0.25, 0.3) is 0 Å². The van der Waals surface area contributed by atoms with Gasteiger partial charge in [0.1, 0.15) is 0 Å². The fraction of sp³-hybridized carbons (Fsp3) is 1.00. The van der Waals surface area contributed by atoms with Gasteiger partial charge in [-0.2, -0.15) is 13.2 Å². The third kappa shape index (κ3) is 3.71. The van der Waals surface area contributed by atoms with Crippen LogP contribution in [0.2, 0.25) is 0 Å². The van der Waals surface area contributed by atoms with E-state index in [2.05, 4.69) is 13.8 Å². The monoisotopic (exact) mass is 309 g/mol. The van der Waals surface area contributed by atoms with Crippen LogP contribution < -0.4 is 0 Å². The Kier molecular flexibility index (Phi) is 5.21. The van der Waals surface area contributed by atoms with Crippen molar-refractivity contribution in [3.63, 3.8) is 0 Å². The molecule has 124 valence electrons. The number of likely N-dealkylation sites (tertiary alicyclic amines) is 1. The molecule has 0 aromatic rings. The third-order valence-corrected chi connectivity index (χ3v) is 5.09. The summed E-state index contributed by atoms with van der Waals surface area (Å²) in [5.41, 5.74) is -2.15. The van der Waals surface area contributed by atoms with Crippen molar-refractivity contribution in [2.45, 2.75) is 70.6 Å². The second kappa shape index (κ2) is 6.42. The van der Waals surface area contributed by atoms with Gasteiger partial charge in [-0.25, -0.2) is 0 Å². The Morgan fingerprint density at radius 1 is 1.14 bits per heavy atom. The maximum Gasteiger partial charge on any atom is 0.417 e. The SMILES string of the molecule is CC(C)C1CCN(C(O)OC2(C(F)(F)F)CCCC2)CC1. The van der Waals surface area contributed by atoms with Gasteiger partial charge in [0, 0.05) is 13.1 Å². The van der Waals surface area contributed by atoms with E-state index in [-0.39, 0.29) is 12.8 Å². The molecule has 6 heteroatoms. The van der Waals surface area contributed by atoms with Gasteiger partial charge in [-0.1, -0.05) is 26.7 Å². The third-order valence-electron chi connectivity index (χ3n) is 5.09. The van der Waals surface area contributed by atoms with Crippen molar-refractivity contribution in [2.24, 2.45) is 11.8 Å². The zero-order valence-electron chi connectivity index (χ0n) is 12.8. The number of hydrogen-bond donors (Lipinski definition) is 1. The molecule has 0 spiro atoms. The van der Waals surface area contributed by atoms with E-state index >= 15 is 0 Å². The van der Waals surface area contributed by atoms with Crippen molar-refractivity contribution in [3.8, 4) is 0 Å². The van der Waals surface area contributed by atoms with Gasteiger partial charge < -0.3 is 9.84 Å². The molecular formula is C15H26F3NO2.